The van der Waals surface area contributed by atoms with E-state index in [9.17, 15) is 0 Å². The Morgan fingerprint density at radius 3 is 3.08 bits per heavy atom. The maximum Gasteiger partial charge on any atom is 0.0399 e. The van der Waals surface area contributed by atoms with Crippen LogP contribution in [0, 0.1) is 13.3 Å². The molecule has 2 heteroatoms. The van der Waals surface area contributed by atoms with Crippen LogP contribution in [0.5, 0.6) is 0 Å². The fourth-order valence-electron chi connectivity index (χ4n) is 1.73. The molecular weight excluding hydrogens is 160 g/mol. The monoisotopic (exact) mass is 175 g/mol. The Hall–Kier alpha value is -1.05. The second-order valence-electron chi connectivity index (χ2n) is 3.53. The van der Waals surface area contributed by atoms with E-state index in [1.54, 1.807) is 0 Å². The highest BCUT2D eigenvalue weighted by Gasteiger charge is 2.10. The summed E-state index contributed by atoms with van der Waals surface area (Å²) in [4.78, 5) is 6.60. The fourth-order valence-corrected chi connectivity index (χ4v) is 1.73. The first-order valence-electron chi connectivity index (χ1n) is 4.85. The van der Waals surface area contributed by atoms with Crippen molar-refractivity contribution < 1.29 is 0 Å². The summed E-state index contributed by atoms with van der Waals surface area (Å²) in [5.74, 6) is 0. The van der Waals surface area contributed by atoms with E-state index in [4.69, 9.17) is 0 Å². The zero-order valence-corrected chi connectivity index (χ0v) is 8.03. The van der Waals surface area contributed by atoms with Gasteiger partial charge in [-0.1, -0.05) is 0 Å². The second kappa shape index (κ2) is 3.77. The Morgan fingerprint density at radius 1 is 1.46 bits per heavy atom. The molecule has 1 aliphatic heterocycles. The van der Waals surface area contributed by atoms with Gasteiger partial charge in [0, 0.05) is 30.7 Å². The largest absolute Gasteiger partial charge is 0.371 e. The number of rotatable bonds is 1. The molecule has 0 bridgehead atoms. The van der Waals surface area contributed by atoms with Crippen LogP contribution in [0.25, 0.3) is 0 Å². The molecule has 1 fully saturated rings. The Kier molecular flexibility index (Phi) is 2.48. The third-order valence-electron chi connectivity index (χ3n) is 2.43. The number of hydrogen-bond acceptors (Lipinski definition) is 2. The average Bonchev–Trinajstić information content (AvgIpc) is 2.19. The molecule has 2 rings (SSSR count). The van der Waals surface area contributed by atoms with Crippen molar-refractivity contribution in [2.24, 2.45) is 0 Å². The number of nitrogens with zero attached hydrogens (tertiary/aromatic N) is 2. The predicted molar refractivity (Wildman–Crippen MR) is 54.7 cm³/mol. The van der Waals surface area contributed by atoms with Crippen molar-refractivity contribution in [3.05, 3.63) is 30.4 Å². The highest BCUT2D eigenvalue weighted by Crippen LogP contribution is 2.18. The zero-order chi connectivity index (χ0) is 9.10. The molecule has 0 aromatic carbocycles. The smallest absolute Gasteiger partial charge is 0.0399 e. The van der Waals surface area contributed by atoms with Crippen LogP contribution >= 0.6 is 0 Å². The summed E-state index contributed by atoms with van der Waals surface area (Å²) in [6, 6.07) is 4.24. The SMILES string of the molecule is Cc1cc(N2C[CH]CCC2)ccn1. The number of piperidine rings is 1. The third-order valence-corrected chi connectivity index (χ3v) is 2.43. The first-order chi connectivity index (χ1) is 6.36. The molecule has 0 unspecified atom stereocenters. The molecule has 0 N–H and O–H groups in total. The lowest BCUT2D eigenvalue weighted by atomic mass is 10.1. The van der Waals surface area contributed by atoms with Crippen LogP contribution in [-0.2, 0) is 0 Å². The summed E-state index contributed by atoms with van der Waals surface area (Å²) in [5.41, 5.74) is 2.41. The molecule has 2 nitrogen and oxygen atoms in total. The Bertz CT molecular complexity index is 277. The van der Waals surface area contributed by atoms with Crippen molar-refractivity contribution in [2.75, 3.05) is 18.0 Å². The van der Waals surface area contributed by atoms with Crippen LogP contribution in [0.1, 0.15) is 18.5 Å². The quantitative estimate of drug-likeness (QED) is 0.650. The molecule has 69 valence electrons. The Labute approximate surface area is 79.6 Å². The summed E-state index contributed by atoms with van der Waals surface area (Å²) in [7, 11) is 0. The van der Waals surface area contributed by atoms with Crippen molar-refractivity contribution in [1.29, 1.82) is 0 Å². The fraction of sp³-hybridized carbons (Fsp3) is 0.455. The van der Waals surface area contributed by atoms with Crippen molar-refractivity contribution >= 4 is 5.69 Å². The van der Waals surface area contributed by atoms with Gasteiger partial charge in [0.1, 0.15) is 0 Å². The standard InChI is InChI=1S/C11H15N2/c1-10-9-11(5-6-12-10)13-7-3-2-4-8-13/h3,5-6,9H,2,4,7-8H2,1H3. The number of pyridine rings is 1. The number of hydrogen-bond donors (Lipinski definition) is 0. The minimum atomic E-state index is 1.09. The van der Waals surface area contributed by atoms with Gasteiger partial charge in [-0.3, -0.25) is 4.98 Å². The van der Waals surface area contributed by atoms with E-state index in [-0.39, 0.29) is 0 Å². The van der Waals surface area contributed by atoms with Crippen molar-refractivity contribution in [1.82, 2.24) is 4.98 Å². The van der Waals surface area contributed by atoms with Gasteiger partial charge in [-0.15, -0.1) is 0 Å². The number of aromatic nitrogens is 1. The van der Waals surface area contributed by atoms with Crippen LogP contribution in [0.4, 0.5) is 5.69 Å². The van der Waals surface area contributed by atoms with Crippen LogP contribution in [-0.4, -0.2) is 18.1 Å². The molecule has 1 aromatic rings. The summed E-state index contributed by atoms with van der Waals surface area (Å²) in [5, 5.41) is 0. The summed E-state index contributed by atoms with van der Waals surface area (Å²) >= 11 is 0. The number of anilines is 1. The minimum absolute atomic E-state index is 1.09. The van der Waals surface area contributed by atoms with Crippen molar-refractivity contribution in [2.45, 2.75) is 19.8 Å². The molecule has 1 saturated heterocycles. The molecule has 0 amide bonds. The lowest BCUT2D eigenvalue weighted by molar-refractivity contribution is 0.671. The van der Waals surface area contributed by atoms with Crippen LogP contribution < -0.4 is 4.90 Å². The Balaban J connectivity index is 2.14. The first-order valence-corrected chi connectivity index (χ1v) is 4.85. The van der Waals surface area contributed by atoms with E-state index in [0.29, 0.717) is 0 Å². The molecule has 13 heavy (non-hydrogen) atoms. The molecule has 1 radical (unpaired) electrons. The van der Waals surface area contributed by atoms with E-state index in [2.05, 4.69) is 28.4 Å². The highest BCUT2D eigenvalue weighted by molar-refractivity contribution is 5.47. The molecule has 1 aromatic heterocycles. The maximum absolute atomic E-state index is 4.20. The topological polar surface area (TPSA) is 16.1 Å². The first kappa shape index (κ1) is 8.54. The van der Waals surface area contributed by atoms with Crippen LogP contribution in [0.3, 0.4) is 0 Å². The third kappa shape index (κ3) is 2.00. The van der Waals surface area contributed by atoms with Gasteiger partial charge < -0.3 is 4.90 Å². The van der Waals surface area contributed by atoms with E-state index in [0.717, 1.165) is 12.2 Å². The van der Waals surface area contributed by atoms with Gasteiger partial charge in [0.2, 0.25) is 0 Å². The van der Waals surface area contributed by atoms with Crippen molar-refractivity contribution in [3.63, 3.8) is 0 Å². The Morgan fingerprint density at radius 2 is 2.38 bits per heavy atom. The summed E-state index contributed by atoms with van der Waals surface area (Å²) in [6.07, 6.45) is 6.78. The van der Waals surface area contributed by atoms with E-state index < -0.39 is 0 Å². The molecule has 2 heterocycles. The van der Waals surface area contributed by atoms with Gasteiger partial charge in [-0.05, 0) is 38.3 Å². The molecular formula is C11H15N2. The summed E-state index contributed by atoms with van der Waals surface area (Å²) < 4.78 is 0. The average molecular weight is 175 g/mol. The van der Waals surface area contributed by atoms with E-state index in [1.807, 2.05) is 13.1 Å². The zero-order valence-electron chi connectivity index (χ0n) is 8.03. The summed E-state index contributed by atoms with van der Waals surface area (Å²) in [6.45, 7) is 4.31. The second-order valence-corrected chi connectivity index (χ2v) is 3.53. The lowest BCUT2D eigenvalue weighted by Gasteiger charge is -2.28. The predicted octanol–water partition coefficient (Wildman–Crippen LogP) is 2.19. The molecule has 0 spiro atoms. The van der Waals surface area contributed by atoms with Gasteiger partial charge >= 0.3 is 0 Å². The van der Waals surface area contributed by atoms with Gasteiger partial charge in [-0.2, -0.15) is 0 Å². The van der Waals surface area contributed by atoms with Crippen molar-refractivity contribution in [3.8, 4) is 0 Å². The van der Waals surface area contributed by atoms with Crippen LogP contribution in [0.2, 0.25) is 0 Å². The van der Waals surface area contributed by atoms with Gasteiger partial charge in [0.25, 0.3) is 0 Å². The highest BCUT2D eigenvalue weighted by atomic mass is 15.1. The lowest BCUT2D eigenvalue weighted by Crippen LogP contribution is -2.29. The van der Waals surface area contributed by atoms with Gasteiger partial charge in [0.15, 0.2) is 0 Å². The van der Waals surface area contributed by atoms with Crippen LogP contribution in [0.15, 0.2) is 18.3 Å². The van der Waals surface area contributed by atoms with E-state index >= 15 is 0 Å². The van der Waals surface area contributed by atoms with Gasteiger partial charge in [0.05, 0.1) is 0 Å². The van der Waals surface area contributed by atoms with Gasteiger partial charge in [-0.25, -0.2) is 0 Å². The molecule has 0 saturated carbocycles. The normalized spacial score (nSPS) is 17.5. The molecule has 1 aliphatic rings. The number of aryl methyl sites for hydroxylation is 1. The maximum atomic E-state index is 4.20. The molecule has 0 aliphatic carbocycles. The minimum Gasteiger partial charge on any atom is -0.371 e. The molecule has 0 atom stereocenters. The van der Waals surface area contributed by atoms with E-state index in [1.165, 1.54) is 25.1 Å².